The van der Waals surface area contributed by atoms with Crippen LogP contribution in [0.5, 0.6) is 0 Å². The van der Waals surface area contributed by atoms with E-state index < -0.39 is 27.4 Å². The van der Waals surface area contributed by atoms with Gasteiger partial charge in [0.2, 0.25) is 11.7 Å². The first kappa shape index (κ1) is 17.7. The highest BCUT2D eigenvalue weighted by atomic mass is 32.2. The van der Waals surface area contributed by atoms with Crippen LogP contribution in [0.15, 0.2) is 63.9 Å². The predicted molar refractivity (Wildman–Crippen MR) is 96.2 cm³/mol. The molecule has 0 unspecified atom stereocenters. The standard InChI is InChI=1S/C18H16N2O5S/c19-16-13-8-4-5-9-14(13)25-17(16)18(22)20-15(21)10-11-26(23,24)12-6-2-1-3-7-12/h1-9H,10-11,19H2,(H,20,21,22). The molecule has 0 fully saturated rings. The fourth-order valence-corrected chi connectivity index (χ4v) is 3.71. The number of nitrogens with two attached hydrogens (primary N) is 1. The Morgan fingerprint density at radius 3 is 2.35 bits per heavy atom. The van der Waals surface area contributed by atoms with Gasteiger partial charge in [-0.25, -0.2) is 8.42 Å². The summed E-state index contributed by atoms with van der Waals surface area (Å²) in [7, 11) is -3.60. The van der Waals surface area contributed by atoms with E-state index in [0.29, 0.717) is 11.0 Å². The van der Waals surface area contributed by atoms with Crippen molar-refractivity contribution in [3.63, 3.8) is 0 Å². The molecule has 0 atom stereocenters. The number of imide groups is 1. The van der Waals surface area contributed by atoms with Gasteiger partial charge < -0.3 is 10.2 Å². The third-order valence-corrected chi connectivity index (χ3v) is 5.53. The van der Waals surface area contributed by atoms with Crippen LogP contribution in [-0.2, 0) is 14.6 Å². The highest BCUT2D eigenvalue weighted by Gasteiger charge is 2.22. The Hall–Kier alpha value is -3.13. The second kappa shape index (κ2) is 7.01. The molecular formula is C18H16N2O5S. The third-order valence-electron chi connectivity index (χ3n) is 3.79. The quantitative estimate of drug-likeness (QED) is 0.708. The van der Waals surface area contributed by atoms with Crippen LogP contribution in [0.1, 0.15) is 17.0 Å². The SMILES string of the molecule is Nc1c(C(=O)NC(=O)CCS(=O)(=O)c2ccccc2)oc2ccccc12. The molecule has 2 aromatic carbocycles. The molecule has 0 saturated carbocycles. The Labute approximate surface area is 149 Å². The van der Waals surface area contributed by atoms with E-state index in [1.807, 2.05) is 0 Å². The number of amides is 2. The molecule has 0 bridgehead atoms. The van der Waals surface area contributed by atoms with E-state index in [-0.39, 0.29) is 22.8 Å². The lowest BCUT2D eigenvalue weighted by molar-refractivity contribution is -0.119. The first-order valence-corrected chi connectivity index (χ1v) is 9.43. The van der Waals surface area contributed by atoms with Gasteiger partial charge in [0.1, 0.15) is 5.58 Å². The molecule has 1 aromatic heterocycles. The van der Waals surface area contributed by atoms with Gasteiger partial charge in [0.05, 0.1) is 16.3 Å². The predicted octanol–water partition coefficient (Wildman–Crippen LogP) is 2.14. The third kappa shape index (κ3) is 3.60. The molecule has 8 heteroatoms. The average molecular weight is 372 g/mol. The van der Waals surface area contributed by atoms with Gasteiger partial charge in [-0.3, -0.25) is 14.9 Å². The van der Waals surface area contributed by atoms with Crippen LogP contribution >= 0.6 is 0 Å². The normalized spacial score (nSPS) is 11.4. The monoisotopic (exact) mass is 372 g/mol. The van der Waals surface area contributed by atoms with E-state index in [0.717, 1.165) is 0 Å². The Morgan fingerprint density at radius 2 is 1.65 bits per heavy atom. The molecule has 0 radical (unpaired) electrons. The number of fused-ring (bicyclic) bond motifs is 1. The van der Waals surface area contributed by atoms with E-state index in [9.17, 15) is 18.0 Å². The van der Waals surface area contributed by atoms with Crippen LogP contribution in [0.2, 0.25) is 0 Å². The van der Waals surface area contributed by atoms with Gasteiger partial charge in [-0.1, -0.05) is 30.3 Å². The molecule has 0 spiro atoms. The number of hydrogen-bond acceptors (Lipinski definition) is 6. The van der Waals surface area contributed by atoms with Gasteiger partial charge >= 0.3 is 0 Å². The number of benzene rings is 2. The lowest BCUT2D eigenvalue weighted by atomic mass is 10.2. The molecule has 7 nitrogen and oxygen atoms in total. The number of hydrogen-bond donors (Lipinski definition) is 2. The number of nitrogen functional groups attached to an aromatic ring is 1. The molecule has 26 heavy (non-hydrogen) atoms. The second-order valence-corrected chi connectivity index (χ2v) is 7.71. The van der Waals surface area contributed by atoms with Crippen LogP contribution in [0.3, 0.4) is 0 Å². The zero-order valence-electron chi connectivity index (χ0n) is 13.6. The van der Waals surface area contributed by atoms with Crippen molar-refractivity contribution in [2.45, 2.75) is 11.3 Å². The van der Waals surface area contributed by atoms with E-state index in [2.05, 4.69) is 5.32 Å². The Kier molecular flexibility index (Phi) is 4.77. The second-order valence-electron chi connectivity index (χ2n) is 5.60. The highest BCUT2D eigenvalue weighted by Crippen LogP contribution is 2.27. The molecule has 0 aliphatic carbocycles. The van der Waals surface area contributed by atoms with E-state index >= 15 is 0 Å². The Morgan fingerprint density at radius 1 is 1.00 bits per heavy atom. The zero-order valence-corrected chi connectivity index (χ0v) is 14.5. The topological polar surface area (TPSA) is 119 Å². The molecule has 0 aliphatic heterocycles. The molecule has 0 saturated heterocycles. The number of para-hydroxylation sites is 1. The van der Waals surface area contributed by atoms with E-state index in [1.54, 1.807) is 42.5 Å². The summed E-state index contributed by atoms with van der Waals surface area (Å²) in [5.41, 5.74) is 6.43. The molecule has 3 rings (SSSR count). The number of anilines is 1. The van der Waals surface area contributed by atoms with Crippen LogP contribution in [0.25, 0.3) is 11.0 Å². The minimum absolute atomic E-state index is 0.126. The van der Waals surface area contributed by atoms with Crippen molar-refractivity contribution >= 4 is 38.3 Å². The summed E-state index contributed by atoms with van der Waals surface area (Å²) >= 11 is 0. The van der Waals surface area contributed by atoms with Crippen molar-refractivity contribution in [1.82, 2.24) is 5.32 Å². The maximum absolute atomic E-state index is 12.2. The summed E-state index contributed by atoms with van der Waals surface area (Å²) < 4.78 is 29.7. The van der Waals surface area contributed by atoms with Gasteiger partial charge in [0, 0.05) is 11.8 Å². The fraction of sp³-hybridized carbons (Fsp3) is 0.111. The highest BCUT2D eigenvalue weighted by molar-refractivity contribution is 7.91. The minimum atomic E-state index is -3.60. The molecule has 2 amide bonds. The first-order valence-electron chi connectivity index (χ1n) is 7.77. The summed E-state index contributed by atoms with van der Waals surface area (Å²) in [5, 5.41) is 2.67. The summed E-state index contributed by atoms with van der Waals surface area (Å²) in [6, 6.07) is 14.6. The van der Waals surface area contributed by atoms with Crippen LogP contribution in [0.4, 0.5) is 5.69 Å². The zero-order chi connectivity index (χ0) is 18.7. The van der Waals surface area contributed by atoms with Crippen molar-refractivity contribution in [3.05, 3.63) is 60.4 Å². The maximum Gasteiger partial charge on any atom is 0.295 e. The Bertz CT molecular complexity index is 1070. The van der Waals surface area contributed by atoms with Gasteiger partial charge in [-0.05, 0) is 24.3 Å². The van der Waals surface area contributed by atoms with Crippen molar-refractivity contribution in [3.8, 4) is 0 Å². The first-order chi connectivity index (χ1) is 12.4. The van der Waals surface area contributed by atoms with Crippen LogP contribution in [-0.4, -0.2) is 26.0 Å². The lowest BCUT2D eigenvalue weighted by Crippen LogP contribution is -2.31. The number of carbonyl (C=O) groups is 2. The summed E-state index contributed by atoms with van der Waals surface area (Å²) in [6.07, 6.45) is -0.358. The smallest absolute Gasteiger partial charge is 0.295 e. The average Bonchev–Trinajstić information content (AvgIpc) is 2.98. The molecule has 1 heterocycles. The van der Waals surface area contributed by atoms with Gasteiger partial charge in [-0.15, -0.1) is 0 Å². The maximum atomic E-state index is 12.2. The molecule has 3 N–H and O–H groups in total. The van der Waals surface area contributed by atoms with E-state index in [4.69, 9.17) is 10.2 Å². The molecule has 0 aliphatic rings. The van der Waals surface area contributed by atoms with Crippen molar-refractivity contribution < 1.29 is 22.4 Å². The molecule has 3 aromatic rings. The number of rotatable bonds is 5. The van der Waals surface area contributed by atoms with E-state index in [1.165, 1.54) is 12.1 Å². The Balaban J connectivity index is 1.66. The summed E-state index contributed by atoms with van der Waals surface area (Å²) in [5.74, 6) is -2.12. The summed E-state index contributed by atoms with van der Waals surface area (Å²) in [4.78, 5) is 24.3. The van der Waals surface area contributed by atoms with Crippen molar-refractivity contribution in [1.29, 1.82) is 0 Å². The number of nitrogens with one attached hydrogen (secondary N) is 1. The number of carbonyl (C=O) groups excluding carboxylic acids is 2. The van der Waals surface area contributed by atoms with Crippen LogP contribution in [0, 0.1) is 0 Å². The summed E-state index contributed by atoms with van der Waals surface area (Å²) in [6.45, 7) is 0. The molecule has 134 valence electrons. The van der Waals surface area contributed by atoms with Crippen molar-refractivity contribution in [2.75, 3.05) is 11.5 Å². The van der Waals surface area contributed by atoms with Crippen LogP contribution < -0.4 is 11.1 Å². The van der Waals surface area contributed by atoms with Gasteiger partial charge in [0.15, 0.2) is 9.84 Å². The largest absolute Gasteiger partial charge is 0.449 e. The number of sulfone groups is 1. The van der Waals surface area contributed by atoms with Gasteiger partial charge in [-0.2, -0.15) is 0 Å². The molecular weight excluding hydrogens is 356 g/mol. The minimum Gasteiger partial charge on any atom is -0.449 e. The van der Waals surface area contributed by atoms with Gasteiger partial charge in [0.25, 0.3) is 5.91 Å². The lowest BCUT2D eigenvalue weighted by Gasteiger charge is -2.05. The number of furan rings is 1. The fourth-order valence-electron chi connectivity index (χ4n) is 2.45. The van der Waals surface area contributed by atoms with Crippen molar-refractivity contribution in [2.24, 2.45) is 0 Å².